The Labute approximate surface area is 123 Å². The summed E-state index contributed by atoms with van der Waals surface area (Å²) in [6.07, 6.45) is 6.41. The lowest BCUT2D eigenvalue weighted by Gasteiger charge is -2.29. The highest BCUT2D eigenvalue weighted by molar-refractivity contribution is 9.10. The molecule has 3 heterocycles. The Bertz CT molecular complexity index is 451. The van der Waals surface area contributed by atoms with Gasteiger partial charge in [0.15, 0.2) is 0 Å². The molecule has 2 fully saturated rings. The molecule has 5 heteroatoms. The van der Waals surface area contributed by atoms with Crippen LogP contribution in [0.25, 0.3) is 0 Å². The van der Waals surface area contributed by atoms with Crippen LogP contribution in [0.3, 0.4) is 0 Å². The van der Waals surface area contributed by atoms with E-state index in [9.17, 15) is 0 Å². The average molecular weight is 325 g/mol. The molecule has 0 aromatic carbocycles. The van der Waals surface area contributed by atoms with Crippen LogP contribution in [0.5, 0.6) is 0 Å². The van der Waals surface area contributed by atoms with Crippen molar-refractivity contribution in [3.8, 4) is 0 Å². The maximum Gasteiger partial charge on any atom is 0.227 e. The van der Waals surface area contributed by atoms with Crippen molar-refractivity contribution in [2.24, 2.45) is 0 Å². The molecule has 0 N–H and O–H groups in total. The minimum Gasteiger partial charge on any atom is -0.356 e. The van der Waals surface area contributed by atoms with Crippen molar-refractivity contribution in [3.05, 3.63) is 10.2 Å². The van der Waals surface area contributed by atoms with E-state index >= 15 is 0 Å². The number of piperidine rings is 1. The smallest absolute Gasteiger partial charge is 0.227 e. The van der Waals surface area contributed by atoms with Gasteiger partial charge in [-0.1, -0.05) is 0 Å². The van der Waals surface area contributed by atoms with Crippen LogP contribution in [0.4, 0.5) is 11.8 Å². The van der Waals surface area contributed by atoms with E-state index in [4.69, 9.17) is 4.98 Å². The Kier molecular flexibility index (Phi) is 3.91. The van der Waals surface area contributed by atoms with Crippen LogP contribution >= 0.6 is 15.9 Å². The third-order valence-electron chi connectivity index (χ3n) is 4.03. The fourth-order valence-corrected chi connectivity index (χ4v) is 3.33. The Morgan fingerprint density at radius 2 is 1.42 bits per heavy atom. The minimum absolute atomic E-state index is 0.916. The first-order valence-corrected chi connectivity index (χ1v) is 8.09. The van der Waals surface area contributed by atoms with Gasteiger partial charge in [0.2, 0.25) is 5.95 Å². The number of aromatic nitrogens is 2. The molecule has 0 saturated carbocycles. The van der Waals surface area contributed by atoms with E-state index in [1.807, 2.05) is 0 Å². The molecule has 0 radical (unpaired) electrons. The van der Waals surface area contributed by atoms with Crippen LogP contribution < -0.4 is 9.80 Å². The predicted molar refractivity (Wildman–Crippen MR) is 82.0 cm³/mol. The van der Waals surface area contributed by atoms with Crippen LogP contribution in [-0.2, 0) is 0 Å². The van der Waals surface area contributed by atoms with E-state index < -0.39 is 0 Å². The molecule has 0 spiro atoms. The summed E-state index contributed by atoms with van der Waals surface area (Å²) >= 11 is 3.67. The monoisotopic (exact) mass is 324 g/mol. The topological polar surface area (TPSA) is 32.3 Å². The molecule has 2 aliphatic heterocycles. The van der Waals surface area contributed by atoms with Crippen molar-refractivity contribution in [1.29, 1.82) is 0 Å². The first-order chi connectivity index (χ1) is 9.25. The Balaban J connectivity index is 1.92. The molecule has 0 aliphatic carbocycles. The second kappa shape index (κ2) is 5.65. The Hall–Kier alpha value is -0.840. The summed E-state index contributed by atoms with van der Waals surface area (Å²) in [5.74, 6) is 2.01. The number of anilines is 2. The van der Waals surface area contributed by atoms with Gasteiger partial charge in [-0.15, -0.1) is 0 Å². The molecule has 4 nitrogen and oxygen atoms in total. The van der Waals surface area contributed by atoms with Crippen LogP contribution in [0.1, 0.15) is 37.8 Å². The number of rotatable bonds is 2. The molecule has 1 aromatic heterocycles. The maximum absolute atomic E-state index is 4.83. The van der Waals surface area contributed by atoms with Gasteiger partial charge in [0.25, 0.3) is 0 Å². The lowest BCUT2D eigenvalue weighted by Crippen LogP contribution is -2.31. The van der Waals surface area contributed by atoms with Crippen molar-refractivity contribution in [2.45, 2.75) is 39.0 Å². The zero-order valence-electron chi connectivity index (χ0n) is 11.5. The van der Waals surface area contributed by atoms with Gasteiger partial charge in [-0.3, -0.25) is 0 Å². The second-order valence-corrected chi connectivity index (χ2v) is 6.28. The van der Waals surface area contributed by atoms with Crippen molar-refractivity contribution in [3.63, 3.8) is 0 Å². The molecule has 104 valence electrons. The first kappa shape index (κ1) is 13.2. The van der Waals surface area contributed by atoms with Gasteiger partial charge >= 0.3 is 0 Å². The summed E-state index contributed by atoms with van der Waals surface area (Å²) in [7, 11) is 0. The van der Waals surface area contributed by atoms with Gasteiger partial charge in [0, 0.05) is 26.2 Å². The molecule has 2 aliphatic rings. The molecular formula is C14H21BrN4. The quantitative estimate of drug-likeness (QED) is 0.836. The van der Waals surface area contributed by atoms with Crippen LogP contribution in [0.15, 0.2) is 4.47 Å². The Morgan fingerprint density at radius 1 is 0.842 bits per heavy atom. The number of nitrogens with zero attached hydrogens (tertiary/aromatic N) is 4. The van der Waals surface area contributed by atoms with E-state index in [0.29, 0.717) is 0 Å². The van der Waals surface area contributed by atoms with Crippen LogP contribution in [-0.4, -0.2) is 36.1 Å². The van der Waals surface area contributed by atoms with Gasteiger partial charge in [-0.2, -0.15) is 4.98 Å². The molecular weight excluding hydrogens is 304 g/mol. The molecule has 1 aromatic rings. The lowest BCUT2D eigenvalue weighted by atomic mass is 10.1. The predicted octanol–water partition coefficient (Wildman–Crippen LogP) is 3.14. The zero-order valence-corrected chi connectivity index (χ0v) is 13.1. The molecule has 0 atom stereocenters. The summed E-state index contributed by atoms with van der Waals surface area (Å²) in [6, 6.07) is 0. The van der Waals surface area contributed by atoms with Crippen molar-refractivity contribution >= 4 is 27.7 Å². The van der Waals surface area contributed by atoms with Gasteiger partial charge in [0.05, 0.1) is 10.2 Å². The minimum atomic E-state index is 0.916. The van der Waals surface area contributed by atoms with E-state index in [1.165, 1.54) is 32.1 Å². The van der Waals surface area contributed by atoms with E-state index in [1.54, 1.807) is 0 Å². The second-order valence-electron chi connectivity index (χ2n) is 5.49. The molecule has 0 amide bonds. The zero-order chi connectivity index (χ0) is 13.2. The van der Waals surface area contributed by atoms with Crippen LogP contribution in [0, 0.1) is 6.92 Å². The van der Waals surface area contributed by atoms with Crippen molar-refractivity contribution < 1.29 is 0 Å². The standard InChI is InChI=1S/C14H21BrN4/c1-11-12(15)13(18-7-3-2-4-8-18)17-14(16-11)19-9-5-6-10-19/h2-10H2,1H3. The van der Waals surface area contributed by atoms with E-state index in [-0.39, 0.29) is 0 Å². The normalized spacial score (nSPS) is 20.1. The third kappa shape index (κ3) is 2.71. The van der Waals surface area contributed by atoms with Gasteiger partial charge < -0.3 is 9.80 Å². The molecule has 3 rings (SSSR count). The number of hydrogen-bond acceptors (Lipinski definition) is 4. The SMILES string of the molecule is Cc1nc(N2CCCC2)nc(N2CCCCC2)c1Br. The molecule has 0 unspecified atom stereocenters. The average Bonchev–Trinajstić information content (AvgIpc) is 2.97. The van der Waals surface area contributed by atoms with Crippen molar-refractivity contribution in [2.75, 3.05) is 36.0 Å². The summed E-state index contributed by atoms with van der Waals surface area (Å²) in [4.78, 5) is 14.2. The third-order valence-corrected chi connectivity index (χ3v) is 4.96. The van der Waals surface area contributed by atoms with E-state index in [2.05, 4.69) is 37.6 Å². The maximum atomic E-state index is 4.83. The highest BCUT2D eigenvalue weighted by atomic mass is 79.9. The van der Waals surface area contributed by atoms with Gasteiger partial charge in [-0.25, -0.2) is 4.98 Å². The number of halogens is 1. The molecule has 19 heavy (non-hydrogen) atoms. The van der Waals surface area contributed by atoms with Gasteiger partial charge in [-0.05, 0) is 55.0 Å². The largest absolute Gasteiger partial charge is 0.356 e. The lowest BCUT2D eigenvalue weighted by molar-refractivity contribution is 0.571. The fourth-order valence-electron chi connectivity index (χ4n) is 2.90. The number of hydrogen-bond donors (Lipinski definition) is 0. The molecule has 0 bridgehead atoms. The molecule has 2 saturated heterocycles. The van der Waals surface area contributed by atoms with Crippen molar-refractivity contribution in [1.82, 2.24) is 9.97 Å². The summed E-state index contributed by atoms with van der Waals surface area (Å²) < 4.78 is 1.07. The summed E-state index contributed by atoms with van der Waals surface area (Å²) in [6.45, 7) is 6.50. The highest BCUT2D eigenvalue weighted by Gasteiger charge is 2.21. The highest BCUT2D eigenvalue weighted by Crippen LogP contribution is 2.31. The Morgan fingerprint density at radius 3 is 2.11 bits per heavy atom. The number of aryl methyl sites for hydroxylation is 1. The summed E-state index contributed by atoms with van der Waals surface area (Å²) in [5, 5.41) is 0. The van der Waals surface area contributed by atoms with Crippen LogP contribution in [0.2, 0.25) is 0 Å². The first-order valence-electron chi connectivity index (χ1n) is 7.30. The van der Waals surface area contributed by atoms with Gasteiger partial charge in [0.1, 0.15) is 5.82 Å². The fraction of sp³-hybridized carbons (Fsp3) is 0.714. The summed E-state index contributed by atoms with van der Waals surface area (Å²) in [5.41, 5.74) is 1.05. The van der Waals surface area contributed by atoms with E-state index in [0.717, 1.165) is 48.1 Å².